The molecular weight excluding hydrogens is 303 g/mol. The second-order valence-corrected chi connectivity index (χ2v) is 4.86. The molecule has 0 amide bonds. The summed E-state index contributed by atoms with van der Waals surface area (Å²) in [5, 5.41) is 0.564. The van der Waals surface area contributed by atoms with Crippen LogP contribution in [0.15, 0.2) is 48.5 Å². The molecule has 0 spiro atoms. The summed E-state index contributed by atoms with van der Waals surface area (Å²) in [6, 6.07) is 11.5. The van der Waals surface area contributed by atoms with Gasteiger partial charge in [-0.05, 0) is 35.9 Å². The second-order valence-electron chi connectivity index (χ2n) is 4.42. The molecule has 1 atom stereocenters. The van der Waals surface area contributed by atoms with E-state index in [0.717, 1.165) is 17.7 Å². The van der Waals surface area contributed by atoms with Crippen LogP contribution in [-0.2, 0) is 6.18 Å². The predicted molar refractivity (Wildman–Crippen MR) is 75.3 cm³/mol. The summed E-state index contributed by atoms with van der Waals surface area (Å²) < 4.78 is 43.5. The van der Waals surface area contributed by atoms with Gasteiger partial charge < -0.3 is 10.5 Å². The maximum Gasteiger partial charge on any atom is 0.416 e. The summed E-state index contributed by atoms with van der Waals surface area (Å²) in [7, 11) is 0. The molecule has 112 valence electrons. The molecule has 0 aliphatic carbocycles. The third-order valence-corrected chi connectivity index (χ3v) is 3.15. The van der Waals surface area contributed by atoms with E-state index in [2.05, 4.69) is 0 Å². The van der Waals surface area contributed by atoms with Gasteiger partial charge in [0, 0.05) is 11.6 Å². The number of hydrogen-bond acceptors (Lipinski definition) is 2. The molecular formula is C15H13ClF3NO. The number of hydrogen-bond donors (Lipinski definition) is 1. The van der Waals surface area contributed by atoms with E-state index in [1.165, 1.54) is 12.1 Å². The molecule has 2 nitrogen and oxygen atoms in total. The lowest BCUT2D eigenvalue weighted by molar-refractivity contribution is -0.137. The van der Waals surface area contributed by atoms with Gasteiger partial charge in [-0.2, -0.15) is 13.2 Å². The van der Waals surface area contributed by atoms with Gasteiger partial charge in [0.25, 0.3) is 0 Å². The fourth-order valence-electron chi connectivity index (χ4n) is 1.84. The number of benzene rings is 2. The van der Waals surface area contributed by atoms with E-state index in [9.17, 15) is 13.2 Å². The first-order valence-electron chi connectivity index (χ1n) is 6.19. The van der Waals surface area contributed by atoms with Gasteiger partial charge >= 0.3 is 6.18 Å². The molecule has 2 aromatic rings. The molecule has 0 fully saturated rings. The highest BCUT2D eigenvalue weighted by Gasteiger charge is 2.30. The van der Waals surface area contributed by atoms with Crippen molar-refractivity contribution in [3.63, 3.8) is 0 Å². The summed E-state index contributed by atoms with van der Waals surface area (Å²) >= 11 is 5.79. The Labute approximate surface area is 125 Å². The van der Waals surface area contributed by atoms with Gasteiger partial charge in [-0.25, -0.2) is 0 Å². The van der Waals surface area contributed by atoms with Crippen molar-refractivity contribution in [1.82, 2.24) is 0 Å². The maximum atomic E-state index is 12.7. The van der Waals surface area contributed by atoms with Crippen molar-refractivity contribution in [2.45, 2.75) is 12.3 Å². The van der Waals surface area contributed by atoms with Crippen LogP contribution >= 0.6 is 11.6 Å². The second kappa shape index (κ2) is 6.37. The Bertz CT molecular complexity index is 599. The molecule has 0 aliphatic rings. The zero-order valence-electron chi connectivity index (χ0n) is 10.9. The maximum absolute atomic E-state index is 12.7. The minimum absolute atomic E-state index is 0.121. The largest absolute Gasteiger partial charge is 0.484 e. The van der Waals surface area contributed by atoms with E-state index < -0.39 is 17.8 Å². The highest BCUT2D eigenvalue weighted by atomic mass is 35.5. The van der Waals surface area contributed by atoms with Gasteiger partial charge in [-0.1, -0.05) is 29.8 Å². The van der Waals surface area contributed by atoms with Crippen LogP contribution < -0.4 is 10.5 Å². The van der Waals surface area contributed by atoms with Crippen LogP contribution in [0.2, 0.25) is 5.02 Å². The van der Waals surface area contributed by atoms with Gasteiger partial charge in [0.1, 0.15) is 11.9 Å². The first kappa shape index (κ1) is 15.7. The van der Waals surface area contributed by atoms with E-state index in [4.69, 9.17) is 22.1 Å². The summed E-state index contributed by atoms with van der Waals surface area (Å²) in [5.41, 5.74) is 5.63. The van der Waals surface area contributed by atoms with E-state index in [1.54, 1.807) is 24.3 Å². The predicted octanol–water partition coefficient (Wildman–Crippen LogP) is 4.44. The van der Waals surface area contributed by atoms with E-state index in [0.29, 0.717) is 5.02 Å². The van der Waals surface area contributed by atoms with Gasteiger partial charge in [0.05, 0.1) is 5.56 Å². The molecule has 1 unspecified atom stereocenters. The summed E-state index contributed by atoms with van der Waals surface area (Å²) in [6.45, 7) is 0.137. The molecule has 6 heteroatoms. The van der Waals surface area contributed by atoms with Crippen LogP contribution in [0.1, 0.15) is 17.2 Å². The Morgan fingerprint density at radius 2 is 1.76 bits per heavy atom. The Balaban J connectivity index is 2.21. The van der Waals surface area contributed by atoms with Crippen LogP contribution in [0.5, 0.6) is 5.75 Å². The highest BCUT2D eigenvalue weighted by molar-refractivity contribution is 6.30. The zero-order chi connectivity index (χ0) is 15.5. The van der Waals surface area contributed by atoms with Gasteiger partial charge in [-0.15, -0.1) is 0 Å². The fraction of sp³-hybridized carbons (Fsp3) is 0.200. The van der Waals surface area contributed by atoms with Gasteiger partial charge in [-0.3, -0.25) is 0 Å². The van der Waals surface area contributed by atoms with Gasteiger partial charge in [0.15, 0.2) is 0 Å². The fourth-order valence-corrected chi connectivity index (χ4v) is 1.97. The van der Waals surface area contributed by atoms with Crippen LogP contribution in [-0.4, -0.2) is 6.54 Å². The highest BCUT2D eigenvalue weighted by Crippen LogP contribution is 2.32. The minimum Gasteiger partial charge on any atom is -0.484 e. The lowest BCUT2D eigenvalue weighted by Gasteiger charge is -2.19. The molecule has 2 rings (SSSR count). The molecule has 0 heterocycles. The van der Waals surface area contributed by atoms with E-state index >= 15 is 0 Å². The third kappa shape index (κ3) is 4.12. The average Bonchev–Trinajstić information content (AvgIpc) is 2.45. The molecule has 0 aromatic heterocycles. The molecule has 0 saturated carbocycles. The smallest absolute Gasteiger partial charge is 0.416 e. The van der Waals surface area contributed by atoms with Crippen LogP contribution in [0.3, 0.4) is 0 Å². The number of ether oxygens (including phenoxy) is 1. The number of rotatable bonds is 4. The number of nitrogens with two attached hydrogens (primary N) is 1. The molecule has 2 N–H and O–H groups in total. The van der Waals surface area contributed by atoms with Crippen molar-refractivity contribution in [3.05, 3.63) is 64.7 Å². The standard InChI is InChI=1S/C15H13ClF3NO/c16-12-6-4-10(5-7-12)14(9-20)21-13-3-1-2-11(8-13)15(17,18)19/h1-8,14H,9,20H2. The van der Waals surface area contributed by atoms with Crippen molar-refractivity contribution in [3.8, 4) is 5.75 Å². The SMILES string of the molecule is NCC(Oc1cccc(C(F)(F)F)c1)c1ccc(Cl)cc1. The Morgan fingerprint density at radius 3 is 2.33 bits per heavy atom. The summed E-state index contributed by atoms with van der Waals surface area (Å²) in [6.07, 6.45) is -4.94. The normalized spacial score (nSPS) is 13.0. The van der Waals surface area contributed by atoms with Crippen LogP contribution in [0.25, 0.3) is 0 Å². The third-order valence-electron chi connectivity index (χ3n) is 2.90. The zero-order valence-corrected chi connectivity index (χ0v) is 11.7. The van der Waals surface area contributed by atoms with Crippen molar-refractivity contribution >= 4 is 11.6 Å². The minimum atomic E-state index is -4.40. The Hall–Kier alpha value is -1.72. The van der Waals surface area contributed by atoms with Crippen LogP contribution in [0.4, 0.5) is 13.2 Å². The molecule has 0 aliphatic heterocycles. The van der Waals surface area contributed by atoms with Crippen molar-refractivity contribution in [1.29, 1.82) is 0 Å². The molecule has 21 heavy (non-hydrogen) atoms. The molecule has 0 radical (unpaired) electrons. The topological polar surface area (TPSA) is 35.2 Å². The Morgan fingerprint density at radius 1 is 1.10 bits per heavy atom. The molecule has 0 saturated heterocycles. The number of halogens is 4. The monoisotopic (exact) mass is 315 g/mol. The average molecular weight is 316 g/mol. The quantitative estimate of drug-likeness (QED) is 0.905. The first-order valence-corrected chi connectivity index (χ1v) is 6.57. The van der Waals surface area contributed by atoms with Crippen molar-refractivity contribution in [2.24, 2.45) is 5.73 Å². The Kier molecular flexibility index (Phi) is 4.75. The van der Waals surface area contributed by atoms with E-state index in [-0.39, 0.29) is 12.3 Å². The molecule has 0 bridgehead atoms. The lowest BCUT2D eigenvalue weighted by Crippen LogP contribution is -2.18. The van der Waals surface area contributed by atoms with Gasteiger partial charge in [0.2, 0.25) is 0 Å². The summed E-state index contributed by atoms with van der Waals surface area (Å²) in [4.78, 5) is 0. The van der Waals surface area contributed by atoms with Crippen LogP contribution in [0, 0.1) is 0 Å². The molecule has 2 aromatic carbocycles. The van der Waals surface area contributed by atoms with E-state index in [1.807, 2.05) is 0 Å². The summed E-state index contributed by atoms with van der Waals surface area (Å²) in [5.74, 6) is 0.121. The van der Waals surface area contributed by atoms with Crippen molar-refractivity contribution in [2.75, 3.05) is 6.54 Å². The number of alkyl halides is 3. The first-order chi connectivity index (χ1) is 9.90. The lowest BCUT2D eigenvalue weighted by atomic mass is 10.1. The van der Waals surface area contributed by atoms with Crippen molar-refractivity contribution < 1.29 is 17.9 Å².